The Labute approximate surface area is 99.1 Å². The molecular weight excluding hydrogens is 224 g/mol. The van der Waals surface area contributed by atoms with Crippen molar-refractivity contribution in [3.8, 4) is 11.3 Å². The molecule has 0 spiro atoms. The van der Waals surface area contributed by atoms with Crippen molar-refractivity contribution in [2.24, 2.45) is 0 Å². The minimum absolute atomic E-state index is 0.0758. The molecule has 1 aromatic heterocycles. The first kappa shape index (κ1) is 11.2. The molecule has 0 atom stereocenters. The minimum atomic E-state index is -0.0758. The number of aromatic amines is 1. The summed E-state index contributed by atoms with van der Waals surface area (Å²) in [6.45, 7) is 1.97. The Morgan fingerprint density at radius 2 is 2.25 bits per heavy atom. The van der Waals surface area contributed by atoms with Crippen molar-refractivity contribution in [3.05, 3.63) is 40.8 Å². The molecule has 0 radical (unpaired) electrons. The van der Waals surface area contributed by atoms with Crippen LogP contribution in [0.5, 0.6) is 0 Å². The van der Waals surface area contributed by atoms with Crippen LogP contribution in [0, 0.1) is 0 Å². The zero-order chi connectivity index (χ0) is 11.5. The maximum absolute atomic E-state index is 9.05. The summed E-state index contributed by atoms with van der Waals surface area (Å²) in [5.41, 5.74) is 2.86. The highest BCUT2D eigenvalue weighted by atomic mass is 35.5. The van der Waals surface area contributed by atoms with Crippen LogP contribution in [0.3, 0.4) is 0 Å². The van der Waals surface area contributed by atoms with E-state index in [1.54, 1.807) is 0 Å². The van der Waals surface area contributed by atoms with Gasteiger partial charge in [0.05, 0.1) is 5.69 Å². The molecule has 0 saturated carbocycles. The van der Waals surface area contributed by atoms with Crippen molar-refractivity contribution >= 4 is 11.6 Å². The van der Waals surface area contributed by atoms with E-state index >= 15 is 0 Å². The molecule has 0 aliphatic heterocycles. The van der Waals surface area contributed by atoms with Crippen molar-refractivity contribution in [2.45, 2.75) is 20.0 Å². The van der Waals surface area contributed by atoms with Crippen LogP contribution >= 0.6 is 11.6 Å². The zero-order valence-corrected chi connectivity index (χ0v) is 9.75. The second-order valence-electron chi connectivity index (χ2n) is 3.53. The number of aryl methyl sites for hydroxylation is 1. The van der Waals surface area contributed by atoms with Crippen LogP contribution in [0.2, 0.25) is 5.02 Å². The lowest BCUT2D eigenvalue weighted by molar-refractivity contribution is 0.272. The number of aromatic nitrogens is 2. The van der Waals surface area contributed by atoms with Crippen molar-refractivity contribution in [1.29, 1.82) is 0 Å². The fourth-order valence-electron chi connectivity index (χ4n) is 1.67. The topological polar surface area (TPSA) is 48.9 Å². The molecule has 3 nitrogen and oxygen atoms in total. The highest BCUT2D eigenvalue weighted by Gasteiger charge is 2.10. The van der Waals surface area contributed by atoms with Crippen LogP contribution in [0.25, 0.3) is 11.3 Å². The van der Waals surface area contributed by atoms with E-state index in [-0.39, 0.29) is 6.61 Å². The molecular formula is C12H13ClN2O. The Hall–Kier alpha value is -1.32. The van der Waals surface area contributed by atoms with Gasteiger partial charge in [0.1, 0.15) is 12.4 Å². The molecule has 0 aliphatic rings. The fraction of sp³-hybridized carbons (Fsp3) is 0.250. The third-order valence-corrected chi connectivity index (χ3v) is 2.66. The molecule has 2 N–H and O–H groups in total. The van der Waals surface area contributed by atoms with Crippen LogP contribution in [0.4, 0.5) is 0 Å². The lowest BCUT2D eigenvalue weighted by atomic mass is 10.1. The van der Waals surface area contributed by atoms with Gasteiger partial charge >= 0.3 is 0 Å². The van der Waals surface area contributed by atoms with E-state index in [1.807, 2.05) is 31.2 Å². The number of aliphatic hydroxyl groups excluding tert-OH is 1. The maximum atomic E-state index is 9.05. The summed E-state index contributed by atoms with van der Waals surface area (Å²) in [6.07, 6.45) is 0.842. The Bertz CT molecular complexity index is 494. The zero-order valence-electron chi connectivity index (χ0n) is 9.00. The maximum Gasteiger partial charge on any atom is 0.132 e. The molecule has 84 valence electrons. The van der Waals surface area contributed by atoms with Gasteiger partial charge < -0.3 is 10.1 Å². The molecule has 0 unspecified atom stereocenters. The largest absolute Gasteiger partial charge is 0.388 e. The Balaban J connectivity index is 2.50. The Morgan fingerprint density at radius 1 is 1.44 bits per heavy atom. The summed E-state index contributed by atoms with van der Waals surface area (Å²) in [5.74, 6) is 0.590. The molecule has 2 rings (SSSR count). The number of rotatable bonds is 3. The standard InChI is InChI=1S/C12H13ClN2O/c1-2-10-12(15-11(7-16)14-10)8-4-3-5-9(13)6-8/h3-6,16H,2,7H2,1H3,(H,14,15). The van der Waals surface area contributed by atoms with E-state index in [0.29, 0.717) is 10.8 Å². The quantitative estimate of drug-likeness (QED) is 0.861. The Morgan fingerprint density at radius 3 is 2.88 bits per heavy atom. The lowest BCUT2D eigenvalue weighted by Crippen LogP contribution is -1.85. The van der Waals surface area contributed by atoms with Gasteiger partial charge in [-0.1, -0.05) is 30.7 Å². The number of hydrogen-bond acceptors (Lipinski definition) is 2. The van der Waals surface area contributed by atoms with Gasteiger partial charge in [-0.05, 0) is 18.6 Å². The predicted octanol–water partition coefficient (Wildman–Crippen LogP) is 2.78. The van der Waals surface area contributed by atoms with Crippen LogP contribution in [-0.2, 0) is 13.0 Å². The van der Waals surface area contributed by atoms with E-state index in [0.717, 1.165) is 23.4 Å². The molecule has 2 aromatic rings. The summed E-state index contributed by atoms with van der Waals surface area (Å²) in [5, 5.41) is 9.74. The molecule has 0 amide bonds. The summed E-state index contributed by atoms with van der Waals surface area (Å²) in [7, 11) is 0. The van der Waals surface area contributed by atoms with Crippen LogP contribution in [-0.4, -0.2) is 15.1 Å². The fourth-order valence-corrected chi connectivity index (χ4v) is 1.86. The van der Waals surface area contributed by atoms with E-state index < -0.39 is 0 Å². The van der Waals surface area contributed by atoms with Gasteiger partial charge in [-0.25, -0.2) is 4.98 Å². The average Bonchev–Trinajstić information content (AvgIpc) is 2.72. The van der Waals surface area contributed by atoms with Gasteiger partial charge in [0.25, 0.3) is 0 Å². The van der Waals surface area contributed by atoms with Gasteiger partial charge in [-0.3, -0.25) is 0 Å². The van der Waals surface area contributed by atoms with Crippen LogP contribution in [0.1, 0.15) is 18.4 Å². The molecule has 0 aliphatic carbocycles. The van der Waals surface area contributed by atoms with Gasteiger partial charge in [0.15, 0.2) is 0 Å². The number of benzene rings is 1. The van der Waals surface area contributed by atoms with Crippen molar-refractivity contribution in [3.63, 3.8) is 0 Å². The number of H-pyrrole nitrogens is 1. The molecule has 0 bridgehead atoms. The SMILES string of the molecule is CCc1[nH]c(CO)nc1-c1cccc(Cl)c1. The second kappa shape index (κ2) is 4.68. The third-order valence-electron chi connectivity index (χ3n) is 2.43. The lowest BCUT2D eigenvalue weighted by Gasteiger charge is -2.00. The molecule has 16 heavy (non-hydrogen) atoms. The number of hydrogen-bond donors (Lipinski definition) is 2. The number of halogens is 1. The Kier molecular flexibility index (Phi) is 3.27. The smallest absolute Gasteiger partial charge is 0.132 e. The molecule has 0 fully saturated rings. The molecule has 1 aromatic carbocycles. The van der Waals surface area contributed by atoms with E-state index in [9.17, 15) is 0 Å². The number of nitrogens with one attached hydrogen (secondary N) is 1. The van der Waals surface area contributed by atoms with Crippen LogP contribution in [0.15, 0.2) is 24.3 Å². The number of nitrogens with zero attached hydrogens (tertiary/aromatic N) is 1. The van der Waals surface area contributed by atoms with Crippen molar-refractivity contribution < 1.29 is 5.11 Å². The van der Waals surface area contributed by atoms with Gasteiger partial charge in [-0.15, -0.1) is 0 Å². The van der Waals surface area contributed by atoms with Gasteiger partial charge in [0, 0.05) is 16.3 Å². The van der Waals surface area contributed by atoms with E-state index in [1.165, 1.54) is 0 Å². The number of aliphatic hydroxyl groups is 1. The third kappa shape index (κ3) is 2.10. The highest BCUT2D eigenvalue weighted by molar-refractivity contribution is 6.30. The summed E-state index contributed by atoms with van der Waals surface area (Å²) >= 11 is 5.94. The summed E-state index contributed by atoms with van der Waals surface area (Å²) < 4.78 is 0. The monoisotopic (exact) mass is 236 g/mol. The molecule has 0 saturated heterocycles. The normalized spacial score (nSPS) is 10.7. The van der Waals surface area contributed by atoms with Crippen molar-refractivity contribution in [1.82, 2.24) is 9.97 Å². The highest BCUT2D eigenvalue weighted by Crippen LogP contribution is 2.24. The summed E-state index contributed by atoms with van der Waals surface area (Å²) in [6, 6.07) is 7.56. The average molecular weight is 237 g/mol. The molecule has 4 heteroatoms. The van der Waals surface area contributed by atoms with Gasteiger partial charge in [-0.2, -0.15) is 0 Å². The van der Waals surface area contributed by atoms with Gasteiger partial charge in [0.2, 0.25) is 0 Å². The van der Waals surface area contributed by atoms with E-state index in [4.69, 9.17) is 16.7 Å². The van der Waals surface area contributed by atoms with Crippen molar-refractivity contribution in [2.75, 3.05) is 0 Å². The minimum Gasteiger partial charge on any atom is -0.388 e. The first-order valence-electron chi connectivity index (χ1n) is 5.19. The predicted molar refractivity (Wildman–Crippen MR) is 64.3 cm³/mol. The first-order valence-corrected chi connectivity index (χ1v) is 5.57. The number of imidazole rings is 1. The molecule has 1 heterocycles. The summed E-state index contributed by atoms with van der Waals surface area (Å²) in [4.78, 5) is 7.44. The van der Waals surface area contributed by atoms with Crippen LogP contribution < -0.4 is 0 Å². The second-order valence-corrected chi connectivity index (χ2v) is 3.97. The first-order chi connectivity index (χ1) is 7.74. The van der Waals surface area contributed by atoms with E-state index in [2.05, 4.69) is 9.97 Å².